The lowest BCUT2D eigenvalue weighted by molar-refractivity contribution is 0.0234. The lowest BCUT2D eigenvalue weighted by Crippen LogP contribution is -2.17. The second-order valence-corrected chi connectivity index (χ2v) is 5.16. The Morgan fingerprint density at radius 1 is 1.38 bits per heavy atom. The molecule has 0 radical (unpaired) electrons. The molecule has 7 nitrogen and oxygen atoms in total. The van der Waals surface area contributed by atoms with Gasteiger partial charge in [-0.1, -0.05) is 13.8 Å². The fourth-order valence-corrected chi connectivity index (χ4v) is 2.11. The van der Waals surface area contributed by atoms with Crippen molar-refractivity contribution in [3.63, 3.8) is 0 Å². The molecule has 2 heterocycles. The third kappa shape index (κ3) is 3.56. The molecular formula is C14H22N6O. The van der Waals surface area contributed by atoms with E-state index < -0.39 is 0 Å². The molecule has 0 aromatic carbocycles. The van der Waals surface area contributed by atoms with Gasteiger partial charge in [-0.05, 0) is 12.8 Å². The topological polar surface area (TPSA) is 90.9 Å². The van der Waals surface area contributed by atoms with E-state index in [2.05, 4.69) is 34.3 Å². The molecule has 0 saturated heterocycles. The van der Waals surface area contributed by atoms with Gasteiger partial charge in [0.2, 0.25) is 0 Å². The Labute approximate surface area is 124 Å². The fourth-order valence-electron chi connectivity index (χ4n) is 2.11. The summed E-state index contributed by atoms with van der Waals surface area (Å²) in [4.78, 5) is 9.05. The van der Waals surface area contributed by atoms with Gasteiger partial charge in [0.15, 0.2) is 5.82 Å². The van der Waals surface area contributed by atoms with Crippen molar-refractivity contribution in [3.8, 4) is 11.3 Å². The first-order valence-electron chi connectivity index (χ1n) is 7.01. The first kappa shape index (κ1) is 15.4. The van der Waals surface area contributed by atoms with Crippen LogP contribution in [0.15, 0.2) is 18.5 Å². The molecule has 2 aromatic heterocycles. The minimum atomic E-state index is -0.168. The van der Waals surface area contributed by atoms with Crippen LogP contribution in [0.25, 0.3) is 11.3 Å². The molecule has 2 aromatic rings. The standard InChI is InChI=1S/C14H22N6O/c1-5-21-13(9(2)3)14-17-11(6-12(18-14)19-15)10-7-16-20(4)8-10/h6-9,13H,5,15H2,1-4H3,(H,17,18,19). The zero-order valence-electron chi connectivity index (χ0n) is 12.9. The van der Waals surface area contributed by atoms with E-state index in [4.69, 9.17) is 10.6 Å². The Morgan fingerprint density at radius 2 is 2.14 bits per heavy atom. The molecule has 7 heteroatoms. The lowest BCUT2D eigenvalue weighted by Gasteiger charge is -2.20. The number of aromatic nitrogens is 4. The van der Waals surface area contributed by atoms with Gasteiger partial charge in [-0.15, -0.1) is 0 Å². The number of nitrogens with zero attached hydrogens (tertiary/aromatic N) is 4. The van der Waals surface area contributed by atoms with E-state index in [9.17, 15) is 0 Å². The third-order valence-electron chi connectivity index (χ3n) is 3.10. The molecule has 0 spiro atoms. The fraction of sp³-hybridized carbons (Fsp3) is 0.500. The third-order valence-corrected chi connectivity index (χ3v) is 3.10. The number of hydrogen-bond acceptors (Lipinski definition) is 6. The number of hydrazine groups is 1. The predicted octanol–water partition coefficient (Wildman–Crippen LogP) is 1.90. The molecule has 0 aliphatic rings. The Balaban J connectivity index is 2.46. The molecule has 1 unspecified atom stereocenters. The van der Waals surface area contributed by atoms with Crippen LogP contribution in [0.5, 0.6) is 0 Å². The van der Waals surface area contributed by atoms with Crippen molar-refractivity contribution in [2.75, 3.05) is 12.0 Å². The highest BCUT2D eigenvalue weighted by Gasteiger charge is 2.21. The van der Waals surface area contributed by atoms with Crippen LogP contribution in [-0.2, 0) is 11.8 Å². The second kappa shape index (κ2) is 6.64. The first-order chi connectivity index (χ1) is 10.0. The van der Waals surface area contributed by atoms with Crippen LogP contribution in [0.2, 0.25) is 0 Å². The van der Waals surface area contributed by atoms with E-state index in [1.807, 2.05) is 20.2 Å². The summed E-state index contributed by atoms with van der Waals surface area (Å²) >= 11 is 0. The maximum absolute atomic E-state index is 5.77. The molecule has 0 aliphatic carbocycles. The summed E-state index contributed by atoms with van der Waals surface area (Å²) in [7, 11) is 1.87. The summed E-state index contributed by atoms with van der Waals surface area (Å²) in [5, 5.41) is 4.17. The lowest BCUT2D eigenvalue weighted by atomic mass is 10.1. The van der Waals surface area contributed by atoms with Gasteiger partial charge in [-0.2, -0.15) is 5.10 Å². The number of rotatable bonds is 6. The van der Waals surface area contributed by atoms with E-state index in [-0.39, 0.29) is 12.0 Å². The summed E-state index contributed by atoms with van der Waals surface area (Å²) in [6.45, 7) is 6.73. The van der Waals surface area contributed by atoms with E-state index in [0.717, 1.165) is 11.3 Å². The number of hydrogen-bond donors (Lipinski definition) is 2. The first-order valence-corrected chi connectivity index (χ1v) is 7.01. The van der Waals surface area contributed by atoms with Crippen molar-refractivity contribution in [2.24, 2.45) is 18.8 Å². The van der Waals surface area contributed by atoms with Crippen LogP contribution in [0.4, 0.5) is 5.82 Å². The summed E-state index contributed by atoms with van der Waals surface area (Å²) in [5.74, 6) is 6.97. The van der Waals surface area contributed by atoms with Crippen molar-refractivity contribution >= 4 is 5.82 Å². The normalized spacial score (nSPS) is 12.7. The maximum Gasteiger partial charge on any atom is 0.160 e. The molecule has 1 atom stereocenters. The van der Waals surface area contributed by atoms with Gasteiger partial charge < -0.3 is 10.2 Å². The van der Waals surface area contributed by atoms with Crippen molar-refractivity contribution in [2.45, 2.75) is 26.9 Å². The van der Waals surface area contributed by atoms with Crippen molar-refractivity contribution in [1.29, 1.82) is 0 Å². The number of nitrogens with two attached hydrogens (primary N) is 1. The van der Waals surface area contributed by atoms with Gasteiger partial charge >= 0.3 is 0 Å². The van der Waals surface area contributed by atoms with Crippen LogP contribution in [0.3, 0.4) is 0 Å². The minimum Gasteiger partial charge on any atom is -0.370 e. The molecule has 0 saturated carbocycles. The minimum absolute atomic E-state index is 0.168. The van der Waals surface area contributed by atoms with Crippen LogP contribution in [-0.4, -0.2) is 26.4 Å². The summed E-state index contributed by atoms with van der Waals surface area (Å²) in [6, 6.07) is 1.80. The number of nitrogens with one attached hydrogen (secondary N) is 1. The maximum atomic E-state index is 5.77. The quantitative estimate of drug-likeness (QED) is 0.623. The number of nitrogen functional groups attached to an aromatic ring is 1. The molecule has 0 fully saturated rings. The van der Waals surface area contributed by atoms with E-state index in [0.29, 0.717) is 18.2 Å². The monoisotopic (exact) mass is 290 g/mol. The molecule has 2 rings (SSSR count). The van der Waals surface area contributed by atoms with Crippen LogP contribution >= 0.6 is 0 Å². The molecule has 0 aliphatic heterocycles. The molecule has 114 valence electrons. The van der Waals surface area contributed by atoms with Crippen LogP contribution in [0, 0.1) is 5.92 Å². The Bertz CT molecular complexity index is 595. The van der Waals surface area contributed by atoms with Gasteiger partial charge in [0.25, 0.3) is 0 Å². The van der Waals surface area contributed by atoms with Crippen LogP contribution < -0.4 is 11.3 Å². The van der Waals surface area contributed by atoms with Crippen molar-refractivity contribution in [1.82, 2.24) is 19.7 Å². The van der Waals surface area contributed by atoms with E-state index in [1.165, 1.54) is 0 Å². The molecule has 0 amide bonds. The SMILES string of the molecule is CCOC(c1nc(NN)cc(-c2cnn(C)c2)n1)C(C)C. The smallest absolute Gasteiger partial charge is 0.160 e. The largest absolute Gasteiger partial charge is 0.370 e. The zero-order chi connectivity index (χ0) is 15.4. The summed E-state index contributed by atoms with van der Waals surface area (Å²) in [5.41, 5.74) is 4.27. The average molecular weight is 290 g/mol. The highest BCUT2D eigenvalue weighted by Crippen LogP contribution is 2.27. The van der Waals surface area contributed by atoms with Gasteiger partial charge in [0.1, 0.15) is 11.9 Å². The molecule has 0 bridgehead atoms. The van der Waals surface area contributed by atoms with Crippen molar-refractivity contribution < 1.29 is 4.74 Å². The van der Waals surface area contributed by atoms with Crippen LogP contribution in [0.1, 0.15) is 32.7 Å². The Morgan fingerprint density at radius 3 is 2.67 bits per heavy atom. The summed E-state index contributed by atoms with van der Waals surface area (Å²) < 4.78 is 7.50. The number of ether oxygens (including phenoxy) is 1. The van der Waals surface area contributed by atoms with Crippen molar-refractivity contribution in [3.05, 3.63) is 24.3 Å². The highest BCUT2D eigenvalue weighted by molar-refractivity contribution is 5.60. The number of anilines is 1. The average Bonchev–Trinajstić information content (AvgIpc) is 2.90. The molecule has 21 heavy (non-hydrogen) atoms. The Kier molecular flexibility index (Phi) is 4.87. The van der Waals surface area contributed by atoms with Gasteiger partial charge in [0, 0.05) is 31.5 Å². The van der Waals surface area contributed by atoms with Gasteiger partial charge in [0.05, 0.1) is 11.9 Å². The zero-order valence-corrected chi connectivity index (χ0v) is 12.9. The predicted molar refractivity (Wildman–Crippen MR) is 81.2 cm³/mol. The number of aryl methyl sites for hydroxylation is 1. The highest BCUT2D eigenvalue weighted by atomic mass is 16.5. The van der Waals surface area contributed by atoms with E-state index >= 15 is 0 Å². The summed E-state index contributed by atoms with van der Waals surface area (Å²) in [6.07, 6.45) is 3.49. The van der Waals surface area contributed by atoms with E-state index in [1.54, 1.807) is 16.9 Å². The van der Waals surface area contributed by atoms with Gasteiger partial charge in [-0.3, -0.25) is 4.68 Å². The molecule has 3 N–H and O–H groups in total. The second-order valence-electron chi connectivity index (χ2n) is 5.16. The molecular weight excluding hydrogens is 268 g/mol. The van der Waals surface area contributed by atoms with Gasteiger partial charge in [-0.25, -0.2) is 15.8 Å². The Hall–Kier alpha value is -1.99.